The molecule has 0 heterocycles. The molecule has 0 aliphatic heterocycles. The minimum absolute atomic E-state index is 0.0468. The second kappa shape index (κ2) is 8.60. The lowest BCUT2D eigenvalue weighted by atomic mass is 10.1. The molecule has 1 atom stereocenters. The van der Waals surface area contributed by atoms with E-state index < -0.39 is 25.6 Å². The Morgan fingerprint density at radius 1 is 1.18 bits per heavy atom. The third-order valence-electron chi connectivity index (χ3n) is 2.10. The van der Waals surface area contributed by atoms with Crippen molar-refractivity contribution in [2.75, 3.05) is 13.2 Å². The molecule has 0 spiro atoms. The van der Waals surface area contributed by atoms with Crippen LogP contribution in [0.4, 0.5) is 22.0 Å². The molecule has 3 nitrogen and oxygen atoms in total. The Morgan fingerprint density at radius 2 is 1.82 bits per heavy atom. The van der Waals surface area contributed by atoms with Crippen LogP contribution >= 0.6 is 0 Å². The molecule has 0 aliphatic rings. The molecule has 8 heteroatoms. The number of rotatable bonds is 9. The molecule has 0 saturated carbocycles. The van der Waals surface area contributed by atoms with Crippen molar-refractivity contribution in [3.05, 3.63) is 0 Å². The summed E-state index contributed by atoms with van der Waals surface area (Å²) in [6, 6.07) is -0.352. The van der Waals surface area contributed by atoms with Crippen molar-refractivity contribution in [2.24, 2.45) is 5.84 Å². The first-order valence-electron chi connectivity index (χ1n) is 5.24. The quantitative estimate of drug-likeness (QED) is 0.290. The van der Waals surface area contributed by atoms with Crippen molar-refractivity contribution < 1.29 is 26.7 Å². The lowest BCUT2D eigenvalue weighted by Crippen LogP contribution is -2.36. The van der Waals surface area contributed by atoms with Gasteiger partial charge < -0.3 is 4.74 Å². The van der Waals surface area contributed by atoms with Gasteiger partial charge in [0.2, 0.25) is 0 Å². The summed E-state index contributed by atoms with van der Waals surface area (Å²) in [5.41, 5.74) is 2.34. The molecule has 0 radical (unpaired) electrons. The van der Waals surface area contributed by atoms with Crippen LogP contribution in [0, 0.1) is 0 Å². The normalized spacial score (nSPS) is 14.3. The average molecular weight is 264 g/mol. The zero-order chi connectivity index (χ0) is 13.3. The summed E-state index contributed by atoms with van der Waals surface area (Å²) >= 11 is 0. The highest BCUT2D eigenvalue weighted by Crippen LogP contribution is 2.22. The number of hydrazine groups is 1. The van der Waals surface area contributed by atoms with Crippen molar-refractivity contribution in [3.63, 3.8) is 0 Å². The van der Waals surface area contributed by atoms with E-state index in [-0.39, 0.29) is 25.5 Å². The highest BCUT2D eigenvalue weighted by atomic mass is 19.4. The van der Waals surface area contributed by atoms with Crippen LogP contribution in [0.1, 0.15) is 25.7 Å². The average Bonchev–Trinajstić information content (AvgIpc) is 2.19. The van der Waals surface area contributed by atoms with E-state index in [4.69, 9.17) is 5.84 Å². The Balaban J connectivity index is 3.56. The molecule has 0 fully saturated rings. The first-order chi connectivity index (χ1) is 7.85. The van der Waals surface area contributed by atoms with E-state index in [0.717, 1.165) is 0 Å². The molecule has 0 saturated heterocycles. The van der Waals surface area contributed by atoms with E-state index in [1.54, 1.807) is 0 Å². The molecular formula is C9H17F5N2O. The standard InChI is InChI=1S/C9H17F5N2O/c10-8(11)6-17-5-3-7(16-15)2-1-4-9(12,13)14/h7-8,16H,1-6,15H2. The molecule has 17 heavy (non-hydrogen) atoms. The van der Waals surface area contributed by atoms with Gasteiger partial charge in [-0.05, 0) is 19.3 Å². The van der Waals surface area contributed by atoms with E-state index >= 15 is 0 Å². The van der Waals surface area contributed by atoms with Crippen molar-refractivity contribution in [3.8, 4) is 0 Å². The molecule has 0 bridgehead atoms. The van der Waals surface area contributed by atoms with Crippen LogP contribution in [0.5, 0.6) is 0 Å². The van der Waals surface area contributed by atoms with Crippen molar-refractivity contribution in [2.45, 2.75) is 44.3 Å². The summed E-state index contributed by atoms with van der Waals surface area (Å²) in [7, 11) is 0. The summed E-state index contributed by atoms with van der Waals surface area (Å²) in [5.74, 6) is 5.13. The number of hydrogen-bond acceptors (Lipinski definition) is 3. The first-order valence-corrected chi connectivity index (χ1v) is 5.24. The van der Waals surface area contributed by atoms with Crippen molar-refractivity contribution >= 4 is 0 Å². The van der Waals surface area contributed by atoms with Gasteiger partial charge in [0.05, 0.1) is 0 Å². The molecule has 0 rings (SSSR count). The highest BCUT2D eigenvalue weighted by molar-refractivity contribution is 4.64. The fourth-order valence-corrected chi connectivity index (χ4v) is 1.26. The summed E-state index contributed by atoms with van der Waals surface area (Å²) in [4.78, 5) is 0. The third kappa shape index (κ3) is 11.8. The zero-order valence-electron chi connectivity index (χ0n) is 9.27. The summed E-state index contributed by atoms with van der Waals surface area (Å²) in [6.07, 6.45) is -7.10. The predicted molar refractivity (Wildman–Crippen MR) is 52.5 cm³/mol. The molecule has 0 aromatic heterocycles. The van der Waals surface area contributed by atoms with Gasteiger partial charge in [-0.15, -0.1) is 0 Å². The van der Waals surface area contributed by atoms with E-state index in [9.17, 15) is 22.0 Å². The molecule has 0 aromatic rings. The van der Waals surface area contributed by atoms with Crippen LogP contribution in [0.25, 0.3) is 0 Å². The van der Waals surface area contributed by atoms with Crippen LogP contribution in [0.15, 0.2) is 0 Å². The van der Waals surface area contributed by atoms with Crippen LogP contribution < -0.4 is 11.3 Å². The Labute approximate surface area is 96.5 Å². The minimum atomic E-state index is -4.18. The van der Waals surface area contributed by atoms with Gasteiger partial charge in [-0.1, -0.05) is 0 Å². The molecule has 1 unspecified atom stereocenters. The van der Waals surface area contributed by atoms with E-state index in [1.165, 1.54) is 0 Å². The zero-order valence-corrected chi connectivity index (χ0v) is 9.27. The number of nitrogens with two attached hydrogens (primary N) is 1. The number of ether oxygens (including phenoxy) is 1. The van der Waals surface area contributed by atoms with Gasteiger partial charge in [0.25, 0.3) is 6.43 Å². The smallest absolute Gasteiger partial charge is 0.375 e. The van der Waals surface area contributed by atoms with Gasteiger partial charge in [0, 0.05) is 19.1 Å². The van der Waals surface area contributed by atoms with Gasteiger partial charge >= 0.3 is 6.18 Å². The predicted octanol–water partition coefficient (Wildman–Crippen LogP) is 2.22. The first kappa shape index (κ1) is 16.5. The van der Waals surface area contributed by atoms with Crippen molar-refractivity contribution in [1.29, 1.82) is 0 Å². The van der Waals surface area contributed by atoms with Crippen molar-refractivity contribution in [1.82, 2.24) is 5.43 Å². The van der Waals surface area contributed by atoms with Gasteiger partial charge in [-0.3, -0.25) is 11.3 Å². The SMILES string of the molecule is NNC(CCCC(F)(F)F)CCOCC(F)F. The topological polar surface area (TPSA) is 47.3 Å². The Morgan fingerprint density at radius 3 is 2.29 bits per heavy atom. The molecule has 0 aliphatic carbocycles. The monoisotopic (exact) mass is 264 g/mol. The van der Waals surface area contributed by atoms with Gasteiger partial charge in [0.1, 0.15) is 6.61 Å². The lowest BCUT2D eigenvalue weighted by molar-refractivity contribution is -0.135. The maximum absolute atomic E-state index is 11.8. The van der Waals surface area contributed by atoms with Crippen LogP contribution in [-0.4, -0.2) is 31.9 Å². The van der Waals surface area contributed by atoms with Gasteiger partial charge in [-0.25, -0.2) is 8.78 Å². The Kier molecular flexibility index (Phi) is 8.36. The second-order valence-electron chi connectivity index (χ2n) is 3.63. The number of hydrogen-bond donors (Lipinski definition) is 2. The summed E-state index contributed by atoms with van der Waals surface area (Å²) in [6.45, 7) is -0.620. The molecular weight excluding hydrogens is 247 g/mol. The van der Waals surface area contributed by atoms with Crippen LogP contribution in [0.2, 0.25) is 0 Å². The largest absolute Gasteiger partial charge is 0.389 e. The Bertz CT molecular complexity index is 189. The minimum Gasteiger partial charge on any atom is -0.375 e. The van der Waals surface area contributed by atoms with E-state index in [0.29, 0.717) is 6.42 Å². The third-order valence-corrected chi connectivity index (χ3v) is 2.10. The highest BCUT2D eigenvalue weighted by Gasteiger charge is 2.26. The Hall–Kier alpha value is -0.470. The maximum atomic E-state index is 11.8. The fourth-order valence-electron chi connectivity index (χ4n) is 1.26. The summed E-state index contributed by atoms with van der Waals surface area (Å²) in [5, 5.41) is 0. The summed E-state index contributed by atoms with van der Waals surface area (Å²) < 4.78 is 63.5. The van der Waals surface area contributed by atoms with E-state index in [2.05, 4.69) is 10.2 Å². The van der Waals surface area contributed by atoms with Crippen LogP contribution in [-0.2, 0) is 4.74 Å². The fraction of sp³-hybridized carbons (Fsp3) is 1.00. The number of alkyl halides is 5. The van der Waals surface area contributed by atoms with Gasteiger partial charge in [-0.2, -0.15) is 13.2 Å². The van der Waals surface area contributed by atoms with Gasteiger partial charge in [0.15, 0.2) is 0 Å². The van der Waals surface area contributed by atoms with E-state index in [1.807, 2.05) is 0 Å². The van der Waals surface area contributed by atoms with Crippen LogP contribution in [0.3, 0.4) is 0 Å². The molecule has 104 valence electrons. The molecule has 0 aromatic carbocycles. The number of halogens is 5. The maximum Gasteiger partial charge on any atom is 0.389 e. The molecule has 0 amide bonds. The second-order valence-corrected chi connectivity index (χ2v) is 3.63. The lowest BCUT2D eigenvalue weighted by Gasteiger charge is -2.16. The molecule has 3 N–H and O–H groups in total. The number of nitrogens with one attached hydrogen (secondary N) is 1.